The summed E-state index contributed by atoms with van der Waals surface area (Å²) in [7, 11) is 0. The van der Waals surface area contributed by atoms with Crippen LogP contribution in [0.1, 0.15) is 25.3 Å². The lowest BCUT2D eigenvalue weighted by Crippen LogP contribution is -2.50. The van der Waals surface area contributed by atoms with Crippen LogP contribution in [0.5, 0.6) is 0 Å². The Morgan fingerprint density at radius 2 is 2.03 bits per heavy atom. The lowest BCUT2D eigenvalue weighted by Gasteiger charge is -2.31. The van der Waals surface area contributed by atoms with Gasteiger partial charge in [0.1, 0.15) is 11.9 Å². The molecule has 1 aliphatic heterocycles. The zero-order valence-corrected chi connectivity index (χ0v) is 17.5. The number of hydrogen-bond acceptors (Lipinski definition) is 7. The molecule has 11 nitrogen and oxygen atoms in total. The Kier molecular flexibility index (Phi) is 9.07. The number of carbonyl (C=O) groups excluding carboxylic acids is 3. The van der Waals surface area contributed by atoms with Gasteiger partial charge in [-0.1, -0.05) is 12.1 Å². The van der Waals surface area contributed by atoms with Gasteiger partial charge in [0.15, 0.2) is 0 Å². The second-order valence-corrected chi connectivity index (χ2v) is 7.12. The summed E-state index contributed by atoms with van der Waals surface area (Å²) in [6.07, 6.45) is 0.855. The molecule has 1 aliphatic rings. The third-order valence-electron chi connectivity index (χ3n) is 4.82. The van der Waals surface area contributed by atoms with E-state index in [-0.39, 0.29) is 30.4 Å². The number of ether oxygens (including phenoxy) is 1. The fourth-order valence-electron chi connectivity index (χ4n) is 3.16. The van der Waals surface area contributed by atoms with E-state index in [1.54, 1.807) is 36.1 Å². The Morgan fingerprint density at radius 3 is 2.65 bits per heavy atom. The molecular formula is C20H30N6O5. The number of aliphatic hydroxyl groups excluding tert-OH is 1. The summed E-state index contributed by atoms with van der Waals surface area (Å²) >= 11 is 0. The normalized spacial score (nSPS) is 15.0. The number of nitrogens with zero attached hydrogens (tertiary/aromatic N) is 1. The number of nitrogens with two attached hydrogens (primary N) is 1. The predicted octanol–water partition coefficient (Wildman–Crippen LogP) is -0.403. The maximum Gasteiger partial charge on any atom is 0.409 e. The van der Waals surface area contributed by atoms with Gasteiger partial charge in [-0.3, -0.25) is 15.0 Å². The average Bonchev–Trinajstić information content (AvgIpc) is 2.76. The standard InChI is InChI=1S/C20H30N6O5/c1-2-31-20(30)26-8-6-14(7-9-26)25-17(28)11-23-19(29)16(12-27)24-15-5-3-4-13(10-15)18(21)22/h3-5,10,14,16,24,27H,2,6-9,11-12H2,1H3,(H3,21,22)(H,23,29)(H,25,28). The molecule has 0 saturated carbocycles. The van der Waals surface area contributed by atoms with Crippen molar-refractivity contribution in [1.82, 2.24) is 15.5 Å². The Hall–Kier alpha value is -3.34. The van der Waals surface area contributed by atoms with E-state index in [1.165, 1.54) is 0 Å². The van der Waals surface area contributed by atoms with Crippen LogP contribution < -0.4 is 21.7 Å². The molecule has 1 atom stereocenters. The monoisotopic (exact) mass is 434 g/mol. The Labute approximate surface area is 180 Å². The fourth-order valence-corrected chi connectivity index (χ4v) is 3.16. The first-order valence-electron chi connectivity index (χ1n) is 10.1. The third kappa shape index (κ3) is 7.45. The number of piperidine rings is 1. The molecule has 1 saturated heterocycles. The van der Waals surface area contributed by atoms with E-state index >= 15 is 0 Å². The SMILES string of the molecule is CCOC(=O)N1CCC(NC(=O)CNC(=O)C(CO)Nc2cccc(C(=N)N)c2)CC1. The van der Waals surface area contributed by atoms with Crippen molar-refractivity contribution in [2.75, 3.05) is 38.2 Å². The number of aliphatic hydroxyl groups is 1. The van der Waals surface area contributed by atoms with E-state index in [0.717, 1.165) is 0 Å². The van der Waals surface area contributed by atoms with Crippen molar-refractivity contribution in [3.05, 3.63) is 29.8 Å². The molecule has 0 aromatic heterocycles. The summed E-state index contributed by atoms with van der Waals surface area (Å²) in [5, 5.41) is 25.2. The summed E-state index contributed by atoms with van der Waals surface area (Å²) in [6.45, 7) is 2.34. The molecular weight excluding hydrogens is 404 g/mol. The minimum atomic E-state index is -0.970. The summed E-state index contributed by atoms with van der Waals surface area (Å²) in [5.74, 6) is -1.00. The van der Waals surface area contributed by atoms with Crippen LogP contribution in [0, 0.1) is 5.41 Å². The molecule has 3 amide bonds. The summed E-state index contributed by atoms with van der Waals surface area (Å²) in [5.41, 5.74) is 6.45. The van der Waals surface area contributed by atoms with Crippen molar-refractivity contribution in [1.29, 1.82) is 5.41 Å². The van der Waals surface area contributed by atoms with Gasteiger partial charge in [-0.2, -0.15) is 0 Å². The van der Waals surface area contributed by atoms with Crippen molar-refractivity contribution in [3.8, 4) is 0 Å². The molecule has 1 fully saturated rings. The van der Waals surface area contributed by atoms with Crippen LogP contribution in [0.3, 0.4) is 0 Å². The number of amidine groups is 1. The molecule has 170 valence electrons. The fraction of sp³-hybridized carbons (Fsp3) is 0.500. The number of anilines is 1. The van der Waals surface area contributed by atoms with E-state index in [0.29, 0.717) is 43.8 Å². The maximum absolute atomic E-state index is 12.3. The van der Waals surface area contributed by atoms with E-state index in [2.05, 4.69) is 16.0 Å². The van der Waals surface area contributed by atoms with Crippen LogP contribution in [0.2, 0.25) is 0 Å². The van der Waals surface area contributed by atoms with Crippen LogP contribution in [0.25, 0.3) is 0 Å². The average molecular weight is 434 g/mol. The molecule has 7 N–H and O–H groups in total. The highest BCUT2D eigenvalue weighted by atomic mass is 16.6. The molecule has 1 unspecified atom stereocenters. The van der Waals surface area contributed by atoms with Gasteiger partial charge in [0, 0.05) is 30.4 Å². The van der Waals surface area contributed by atoms with Crippen LogP contribution in [0.15, 0.2) is 24.3 Å². The van der Waals surface area contributed by atoms with Crippen LogP contribution in [0.4, 0.5) is 10.5 Å². The number of amides is 3. The van der Waals surface area contributed by atoms with Gasteiger partial charge in [-0.15, -0.1) is 0 Å². The first-order chi connectivity index (χ1) is 14.8. The number of carbonyl (C=O) groups is 3. The molecule has 11 heteroatoms. The number of rotatable bonds is 9. The van der Waals surface area contributed by atoms with Crippen molar-refractivity contribution in [2.45, 2.75) is 31.8 Å². The van der Waals surface area contributed by atoms with Crippen molar-refractivity contribution in [2.24, 2.45) is 5.73 Å². The van der Waals surface area contributed by atoms with Gasteiger partial charge in [-0.05, 0) is 31.9 Å². The van der Waals surface area contributed by atoms with Gasteiger partial charge in [0.05, 0.1) is 19.8 Å². The number of hydrogen-bond donors (Lipinski definition) is 6. The molecule has 0 spiro atoms. The molecule has 1 aromatic carbocycles. The van der Waals surface area contributed by atoms with Crippen LogP contribution in [-0.4, -0.2) is 78.7 Å². The number of nitrogen functional groups attached to an aromatic ring is 1. The zero-order chi connectivity index (χ0) is 22.8. The number of nitrogens with one attached hydrogen (secondary N) is 4. The first kappa shape index (κ1) is 23.9. The van der Waals surface area contributed by atoms with Crippen LogP contribution in [-0.2, 0) is 14.3 Å². The topological polar surface area (TPSA) is 170 Å². The first-order valence-corrected chi connectivity index (χ1v) is 10.1. The molecule has 1 aromatic rings. The second-order valence-electron chi connectivity index (χ2n) is 7.12. The van der Waals surface area contributed by atoms with Gasteiger partial charge in [-0.25, -0.2) is 4.79 Å². The molecule has 31 heavy (non-hydrogen) atoms. The van der Waals surface area contributed by atoms with Gasteiger partial charge >= 0.3 is 6.09 Å². The molecule has 0 aliphatic carbocycles. The van der Waals surface area contributed by atoms with E-state index in [4.69, 9.17) is 15.9 Å². The lowest BCUT2D eigenvalue weighted by molar-refractivity contribution is -0.127. The summed E-state index contributed by atoms with van der Waals surface area (Å²) < 4.78 is 4.97. The summed E-state index contributed by atoms with van der Waals surface area (Å²) in [6, 6.07) is 5.54. The quantitative estimate of drug-likeness (QED) is 0.227. The van der Waals surface area contributed by atoms with Crippen LogP contribution >= 0.6 is 0 Å². The third-order valence-corrected chi connectivity index (χ3v) is 4.82. The van der Waals surface area contributed by atoms with Gasteiger partial charge < -0.3 is 36.4 Å². The molecule has 1 heterocycles. The number of benzene rings is 1. The molecule has 0 radical (unpaired) electrons. The smallest absolute Gasteiger partial charge is 0.409 e. The zero-order valence-electron chi connectivity index (χ0n) is 17.5. The molecule has 0 bridgehead atoms. The highest BCUT2D eigenvalue weighted by molar-refractivity contribution is 5.96. The highest BCUT2D eigenvalue weighted by Crippen LogP contribution is 2.12. The van der Waals surface area contributed by atoms with Crippen molar-refractivity contribution >= 4 is 29.4 Å². The second kappa shape index (κ2) is 11.7. The Balaban J connectivity index is 1.76. The predicted molar refractivity (Wildman–Crippen MR) is 115 cm³/mol. The largest absolute Gasteiger partial charge is 0.450 e. The minimum Gasteiger partial charge on any atom is -0.450 e. The minimum absolute atomic E-state index is 0.0869. The maximum atomic E-state index is 12.3. The van der Waals surface area contributed by atoms with E-state index in [9.17, 15) is 19.5 Å². The Morgan fingerprint density at radius 1 is 1.32 bits per heavy atom. The molecule has 2 rings (SSSR count). The van der Waals surface area contributed by atoms with E-state index < -0.39 is 18.6 Å². The van der Waals surface area contributed by atoms with Crippen molar-refractivity contribution in [3.63, 3.8) is 0 Å². The van der Waals surface area contributed by atoms with Gasteiger partial charge in [0.2, 0.25) is 11.8 Å². The Bertz CT molecular complexity index is 794. The van der Waals surface area contributed by atoms with E-state index in [1.807, 2.05) is 0 Å². The number of likely N-dealkylation sites (tertiary alicyclic amines) is 1. The van der Waals surface area contributed by atoms with Gasteiger partial charge in [0.25, 0.3) is 0 Å². The van der Waals surface area contributed by atoms with Crippen molar-refractivity contribution < 1.29 is 24.2 Å². The highest BCUT2D eigenvalue weighted by Gasteiger charge is 2.25. The lowest BCUT2D eigenvalue weighted by atomic mass is 10.1. The summed E-state index contributed by atoms with van der Waals surface area (Å²) in [4.78, 5) is 37.8.